The van der Waals surface area contributed by atoms with Crippen LogP contribution in [0.1, 0.15) is 11.1 Å². The average molecular weight is 418 g/mol. The maximum Gasteiger partial charge on any atom is 0.271 e. The van der Waals surface area contributed by atoms with Crippen LogP contribution in [0.2, 0.25) is 0 Å². The molecule has 3 aliphatic rings. The number of non-ortho nitro benzene ring substituents is 1. The largest absolute Gasteiger partial charge is 0.368 e. The molecular formula is C22H18N4O5. The van der Waals surface area contributed by atoms with E-state index in [2.05, 4.69) is 0 Å². The van der Waals surface area contributed by atoms with Crippen LogP contribution in [0.25, 0.3) is 6.08 Å². The number of nitrogens with zero attached hydrogens (tertiary/aromatic N) is 3. The predicted molar refractivity (Wildman–Crippen MR) is 112 cm³/mol. The molecule has 0 unspecified atom stereocenters. The Kier molecular flexibility index (Phi) is 3.98. The first kappa shape index (κ1) is 19.0. The molecule has 2 aromatic carbocycles. The van der Waals surface area contributed by atoms with Crippen LogP contribution in [-0.2, 0) is 14.4 Å². The highest BCUT2D eigenvalue weighted by Crippen LogP contribution is 2.49. The molecule has 0 bridgehead atoms. The summed E-state index contributed by atoms with van der Waals surface area (Å²) in [4.78, 5) is 52.9. The first-order valence-electron chi connectivity index (χ1n) is 9.79. The Balaban J connectivity index is 1.63. The zero-order chi connectivity index (χ0) is 22.0. The zero-order valence-electron chi connectivity index (χ0n) is 16.5. The summed E-state index contributed by atoms with van der Waals surface area (Å²) in [6.07, 6.45) is 3.69. The normalized spacial score (nSPS) is 26.0. The number of benzene rings is 2. The molecule has 3 heterocycles. The summed E-state index contributed by atoms with van der Waals surface area (Å²) in [5.74, 6) is -3.52. The molecule has 0 aromatic heterocycles. The summed E-state index contributed by atoms with van der Waals surface area (Å²) in [5.41, 5.74) is 7.82. The molecule has 156 valence electrons. The van der Waals surface area contributed by atoms with Gasteiger partial charge in [0.05, 0.1) is 28.5 Å². The number of imide groups is 1. The van der Waals surface area contributed by atoms with Crippen molar-refractivity contribution in [3.05, 3.63) is 69.8 Å². The Morgan fingerprint density at radius 3 is 2.48 bits per heavy atom. The molecule has 0 saturated carbocycles. The van der Waals surface area contributed by atoms with Crippen molar-refractivity contribution in [2.24, 2.45) is 17.6 Å². The summed E-state index contributed by atoms with van der Waals surface area (Å²) >= 11 is 0. The first-order chi connectivity index (χ1) is 14.8. The molecule has 9 nitrogen and oxygen atoms in total. The van der Waals surface area contributed by atoms with Gasteiger partial charge in [0.15, 0.2) is 0 Å². The number of rotatable bonds is 3. The van der Waals surface area contributed by atoms with Crippen LogP contribution in [0.15, 0.2) is 48.5 Å². The Morgan fingerprint density at radius 2 is 1.77 bits per heavy atom. The van der Waals surface area contributed by atoms with E-state index in [4.69, 9.17) is 5.73 Å². The van der Waals surface area contributed by atoms with E-state index in [0.29, 0.717) is 5.56 Å². The van der Waals surface area contributed by atoms with Crippen LogP contribution in [-0.4, -0.2) is 34.7 Å². The minimum atomic E-state index is -0.999. The molecular weight excluding hydrogens is 400 g/mol. The highest BCUT2D eigenvalue weighted by Gasteiger charge is 2.64. The van der Waals surface area contributed by atoms with E-state index in [0.717, 1.165) is 16.2 Å². The summed E-state index contributed by atoms with van der Waals surface area (Å²) in [7, 11) is 0. The number of primary amides is 1. The van der Waals surface area contributed by atoms with Gasteiger partial charge in [-0.05, 0) is 24.1 Å². The lowest BCUT2D eigenvalue weighted by Gasteiger charge is -2.36. The van der Waals surface area contributed by atoms with Gasteiger partial charge in [-0.1, -0.05) is 36.4 Å². The number of anilines is 2. The van der Waals surface area contributed by atoms with Crippen LogP contribution in [0.3, 0.4) is 0 Å². The minimum Gasteiger partial charge on any atom is -0.368 e. The van der Waals surface area contributed by atoms with Gasteiger partial charge in [0.1, 0.15) is 6.04 Å². The fraction of sp³-hybridized carbons (Fsp3) is 0.227. The lowest BCUT2D eigenvalue weighted by molar-refractivity contribution is -0.384. The number of nitro groups is 1. The smallest absolute Gasteiger partial charge is 0.271 e. The maximum atomic E-state index is 13.5. The molecule has 2 fully saturated rings. The topological polar surface area (TPSA) is 127 Å². The molecule has 2 N–H and O–H groups in total. The molecule has 9 heteroatoms. The maximum absolute atomic E-state index is 13.5. The van der Waals surface area contributed by atoms with E-state index in [1.807, 2.05) is 36.4 Å². The zero-order valence-corrected chi connectivity index (χ0v) is 16.5. The van der Waals surface area contributed by atoms with Crippen molar-refractivity contribution in [1.29, 1.82) is 0 Å². The number of nitro benzene ring substituents is 1. The van der Waals surface area contributed by atoms with Crippen LogP contribution >= 0.6 is 0 Å². The summed E-state index contributed by atoms with van der Waals surface area (Å²) in [6, 6.07) is 9.92. The number of hydrogen-bond donors (Lipinski definition) is 1. The van der Waals surface area contributed by atoms with E-state index in [9.17, 15) is 24.5 Å². The number of nitrogens with two attached hydrogens (primary N) is 1. The molecule has 2 saturated heterocycles. The molecule has 5 rings (SSSR count). The third-order valence-electron chi connectivity index (χ3n) is 6.35. The number of carbonyl (C=O) groups is 3. The second-order valence-electron chi connectivity index (χ2n) is 7.95. The van der Waals surface area contributed by atoms with Crippen LogP contribution in [0.4, 0.5) is 17.1 Å². The number of fused-ring (bicyclic) bond motifs is 5. The predicted octanol–water partition coefficient (Wildman–Crippen LogP) is 1.78. The van der Waals surface area contributed by atoms with E-state index in [1.54, 1.807) is 11.8 Å². The van der Waals surface area contributed by atoms with Gasteiger partial charge < -0.3 is 10.6 Å². The van der Waals surface area contributed by atoms with Gasteiger partial charge >= 0.3 is 0 Å². The monoisotopic (exact) mass is 418 g/mol. The molecule has 3 aliphatic heterocycles. The second-order valence-corrected chi connectivity index (χ2v) is 7.95. The van der Waals surface area contributed by atoms with Gasteiger partial charge in [-0.2, -0.15) is 0 Å². The SMILES string of the molecule is Cc1ccc([N+](=O)[O-])cc1N1C(=O)[C@@H]2[C@@H](C1=O)[C@@H]1C=Cc3ccccc3N1[C@@H]2C(N)=O. The van der Waals surface area contributed by atoms with Gasteiger partial charge in [-0.15, -0.1) is 0 Å². The number of amides is 3. The van der Waals surface area contributed by atoms with Gasteiger partial charge in [0.25, 0.3) is 5.69 Å². The molecule has 0 radical (unpaired) electrons. The third-order valence-corrected chi connectivity index (χ3v) is 6.35. The lowest BCUT2D eigenvalue weighted by Crippen LogP contribution is -2.51. The number of aryl methyl sites for hydroxylation is 1. The molecule has 3 amide bonds. The fourth-order valence-electron chi connectivity index (χ4n) is 5.03. The number of carbonyl (C=O) groups excluding carboxylic acids is 3. The van der Waals surface area contributed by atoms with Crippen molar-refractivity contribution in [3.8, 4) is 0 Å². The van der Waals surface area contributed by atoms with Crippen LogP contribution in [0.5, 0.6) is 0 Å². The quantitative estimate of drug-likeness (QED) is 0.460. The number of para-hydroxylation sites is 1. The van der Waals surface area contributed by atoms with Crippen molar-refractivity contribution < 1.29 is 19.3 Å². The van der Waals surface area contributed by atoms with Crippen LogP contribution < -0.4 is 15.5 Å². The van der Waals surface area contributed by atoms with E-state index in [-0.39, 0.29) is 11.4 Å². The summed E-state index contributed by atoms with van der Waals surface area (Å²) in [5, 5.41) is 11.2. The third kappa shape index (κ3) is 2.52. The molecule has 0 aliphatic carbocycles. The summed E-state index contributed by atoms with van der Waals surface area (Å²) in [6.45, 7) is 1.67. The Hall–Kier alpha value is -4.01. The van der Waals surface area contributed by atoms with Crippen molar-refractivity contribution in [2.45, 2.75) is 19.0 Å². The van der Waals surface area contributed by atoms with Gasteiger partial charge in [-0.3, -0.25) is 24.5 Å². The molecule has 0 spiro atoms. The van der Waals surface area contributed by atoms with Gasteiger partial charge in [0, 0.05) is 17.8 Å². The van der Waals surface area contributed by atoms with Crippen molar-refractivity contribution in [2.75, 3.05) is 9.80 Å². The van der Waals surface area contributed by atoms with Gasteiger partial charge in [-0.25, -0.2) is 4.90 Å². The minimum absolute atomic E-state index is 0.161. The van der Waals surface area contributed by atoms with E-state index >= 15 is 0 Å². The Bertz CT molecular complexity index is 1210. The standard InChI is InChI=1S/C22H18N4O5/c1-11-6-8-13(26(30)31)10-16(11)25-21(28)17-15-9-7-12-4-2-3-5-14(12)24(15)19(20(23)27)18(17)22(25)29/h2-10,15,17-19H,1H3,(H2,23,27)/t15-,17-,18+,19-/m0/s1. The fourth-order valence-corrected chi connectivity index (χ4v) is 5.03. The highest BCUT2D eigenvalue weighted by atomic mass is 16.6. The summed E-state index contributed by atoms with van der Waals surface area (Å²) < 4.78 is 0. The van der Waals surface area contributed by atoms with Crippen molar-refractivity contribution >= 4 is 40.9 Å². The average Bonchev–Trinajstić information content (AvgIpc) is 3.22. The number of hydrogen-bond acceptors (Lipinski definition) is 6. The van der Waals surface area contributed by atoms with Crippen molar-refractivity contribution in [1.82, 2.24) is 0 Å². The highest BCUT2D eigenvalue weighted by molar-refractivity contribution is 6.25. The van der Waals surface area contributed by atoms with E-state index < -0.39 is 46.6 Å². The Labute approximate surface area is 176 Å². The molecule has 2 aromatic rings. The Morgan fingerprint density at radius 1 is 1.06 bits per heavy atom. The first-order valence-corrected chi connectivity index (χ1v) is 9.79. The van der Waals surface area contributed by atoms with Crippen molar-refractivity contribution in [3.63, 3.8) is 0 Å². The lowest BCUT2D eigenvalue weighted by atomic mass is 9.88. The molecule has 4 atom stereocenters. The van der Waals surface area contributed by atoms with E-state index in [1.165, 1.54) is 18.2 Å². The molecule has 31 heavy (non-hydrogen) atoms. The second kappa shape index (κ2) is 6.49. The van der Waals surface area contributed by atoms with Crippen LogP contribution in [0, 0.1) is 28.9 Å². The van der Waals surface area contributed by atoms with Gasteiger partial charge in [0.2, 0.25) is 17.7 Å².